The smallest absolute Gasteiger partial charge is 0.146 e. The molecule has 0 radical (unpaired) electrons. The quantitative estimate of drug-likeness (QED) is 0.830. The highest BCUT2D eigenvalue weighted by Gasteiger charge is 2.23. The minimum Gasteiger partial charge on any atom is -0.367 e. The van der Waals surface area contributed by atoms with Crippen LogP contribution in [0.1, 0.15) is 12.0 Å². The summed E-state index contributed by atoms with van der Waals surface area (Å²) in [5.41, 5.74) is 0.728. The maximum absolute atomic E-state index is 13.7. The van der Waals surface area contributed by atoms with Crippen molar-refractivity contribution in [2.45, 2.75) is 19.4 Å². The molecule has 2 rings (SSSR count). The Bertz CT molecular complexity index is 393. The number of rotatable bonds is 2. The molecule has 1 atom stereocenters. The molecule has 1 saturated heterocycles. The highest BCUT2D eigenvalue weighted by atomic mass is 19.1. The van der Waals surface area contributed by atoms with E-state index in [1.807, 2.05) is 11.9 Å². The molecule has 2 nitrogen and oxygen atoms in total. The van der Waals surface area contributed by atoms with Crippen LogP contribution < -0.4 is 10.2 Å². The van der Waals surface area contributed by atoms with Gasteiger partial charge in [-0.15, -0.1) is 0 Å². The van der Waals surface area contributed by atoms with Gasteiger partial charge in [0.25, 0.3) is 0 Å². The Labute approximate surface area is 94.3 Å². The van der Waals surface area contributed by atoms with Crippen LogP contribution >= 0.6 is 0 Å². The van der Waals surface area contributed by atoms with E-state index in [9.17, 15) is 8.78 Å². The summed E-state index contributed by atoms with van der Waals surface area (Å²) in [6.45, 7) is 3.07. The number of hydrogen-bond donors (Lipinski definition) is 1. The van der Waals surface area contributed by atoms with Crippen LogP contribution in [0.4, 0.5) is 14.5 Å². The minimum absolute atomic E-state index is 0.337. The zero-order valence-electron chi connectivity index (χ0n) is 9.56. The van der Waals surface area contributed by atoms with Crippen molar-refractivity contribution < 1.29 is 8.78 Å². The maximum Gasteiger partial charge on any atom is 0.146 e. The summed E-state index contributed by atoms with van der Waals surface area (Å²) in [7, 11) is 1.89. The number of aryl methyl sites for hydroxylation is 1. The van der Waals surface area contributed by atoms with Gasteiger partial charge in [-0.3, -0.25) is 0 Å². The Morgan fingerprint density at radius 3 is 2.69 bits per heavy atom. The first-order chi connectivity index (χ1) is 7.61. The van der Waals surface area contributed by atoms with Crippen LogP contribution in [-0.4, -0.2) is 26.2 Å². The van der Waals surface area contributed by atoms with E-state index in [1.165, 1.54) is 12.1 Å². The summed E-state index contributed by atoms with van der Waals surface area (Å²) in [4.78, 5) is 1.89. The molecule has 0 amide bonds. The Morgan fingerprint density at radius 2 is 2.06 bits per heavy atom. The molecule has 1 aliphatic rings. The Kier molecular flexibility index (Phi) is 3.10. The summed E-state index contributed by atoms with van der Waals surface area (Å²) in [6.07, 6.45) is 0.964. The fourth-order valence-electron chi connectivity index (χ4n) is 2.09. The van der Waals surface area contributed by atoms with Crippen molar-refractivity contribution in [3.63, 3.8) is 0 Å². The molecule has 0 saturated carbocycles. The Morgan fingerprint density at radius 1 is 1.31 bits per heavy atom. The van der Waals surface area contributed by atoms with Crippen molar-refractivity contribution in [3.05, 3.63) is 29.3 Å². The lowest BCUT2D eigenvalue weighted by Gasteiger charge is -2.19. The molecule has 1 aromatic rings. The first kappa shape index (κ1) is 11.3. The standard InChI is InChI=1S/C12H16F2N2/c1-8-5-11(14)12(6-10(8)13)16-4-3-9(7-16)15-2/h5-6,9,15H,3-4,7H2,1-2H3. The predicted octanol–water partition coefficient (Wildman–Crippen LogP) is 2.07. The molecule has 1 unspecified atom stereocenters. The number of anilines is 1. The fraction of sp³-hybridized carbons (Fsp3) is 0.500. The van der Waals surface area contributed by atoms with Gasteiger partial charge >= 0.3 is 0 Å². The largest absolute Gasteiger partial charge is 0.367 e. The first-order valence-electron chi connectivity index (χ1n) is 5.49. The van der Waals surface area contributed by atoms with E-state index < -0.39 is 0 Å². The second-order valence-electron chi connectivity index (χ2n) is 4.27. The van der Waals surface area contributed by atoms with Gasteiger partial charge in [-0.1, -0.05) is 0 Å². The molecular formula is C12H16F2N2. The average molecular weight is 226 g/mol. The number of nitrogens with one attached hydrogen (secondary N) is 1. The van der Waals surface area contributed by atoms with E-state index in [2.05, 4.69) is 5.32 Å². The lowest BCUT2D eigenvalue weighted by Crippen LogP contribution is -2.29. The molecule has 4 heteroatoms. The van der Waals surface area contributed by atoms with Gasteiger partial charge < -0.3 is 10.2 Å². The highest BCUT2D eigenvalue weighted by Crippen LogP contribution is 2.26. The Balaban J connectivity index is 2.24. The van der Waals surface area contributed by atoms with Crippen LogP contribution in [0, 0.1) is 18.6 Å². The van der Waals surface area contributed by atoms with Crippen molar-refractivity contribution in [1.82, 2.24) is 5.32 Å². The molecule has 1 fully saturated rings. The molecule has 0 bridgehead atoms. The van der Waals surface area contributed by atoms with Crippen LogP contribution in [0.3, 0.4) is 0 Å². The lowest BCUT2D eigenvalue weighted by molar-refractivity contribution is 0.586. The third-order valence-electron chi connectivity index (χ3n) is 3.17. The van der Waals surface area contributed by atoms with E-state index in [0.717, 1.165) is 19.5 Å². The van der Waals surface area contributed by atoms with Crippen molar-refractivity contribution in [3.8, 4) is 0 Å². The topological polar surface area (TPSA) is 15.3 Å². The average Bonchev–Trinajstić information content (AvgIpc) is 2.71. The van der Waals surface area contributed by atoms with Crippen LogP contribution in [0.15, 0.2) is 12.1 Å². The maximum atomic E-state index is 13.7. The number of likely N-dealkylation sites (N-methyl/N-ethyl adjacent to an activating group) is 1. The van der Waals surface area contributed by atoms with Crippen molar-refractivity contribution in [1.29, 1.82) is 0 Å². The number of nitrogens with zero attached hydrogens (tertiary/aromatic N) is 1. The van der Waals surface area contributed by atoms with E-state index in [-0.39, 0.29) is 11.6 Å². The molecule has 1 aliphatic heterocycles. The second kappa shape index (κ2) is 4.37. The van der Waals surface area contributed by atoms with Crippen LogP contribution in [0.2, 0.25) is 0 Å². The molecule has 1 N–H and O–H groups in total. The zero-order valence-corrected chi connectivity index (χ0v) is 9.56. The van der Waals surface area contributed by atoms with Crippen molar-refractivity contribution >= 4 is 5.69 Å². The summed E-state index contributed by atoms with van der Waals surface area (Å²) < 4.78 is 27.1. The monoisotopic (exact) mass is 226 g/mol. The third-order valence-corrected chi connectivity index (χ3v) is 3.17. The number of halogens is 2. The molecule has 1 heterocycles. The van der Waals surface area contributed by atoms with Gasteiger partial charge in [0.2, 0.25) is 0 Å². The zero-order chi connectivity index (χ0) is 11.7. The molecule has 0 aliphatic carbocycles. The molecule has 0 aromatic heterocycles. The van der Waals surface area contributed by atoms with Gasteiger partial charge in [-0.2, -0.15) is 0 Å². The summed E-state index contributed by atoms with van der Waals surface area (Å²) in [6, 6.07) is 2.92. The van der Waals surface area contributed by atoms with Crippen LogP contribution in [0.25, 0.3) is 0 Å². The van der Waals surface area contributed by atoms with E-state index in [1.54, 1.807) is 6.92 Å². The Hall–Kier alpha value is -1.16. The van der Waals surface area contributed by atoms with Crippen LogP contribution in [0.5, 0.6) is 0 Å². The summed E-state index contributed by atoms with van der Waals surface area (Å²) >= 11 is 0. The predicted molar refractivity (Wildman–Crippen MR) is 60.8 cm³/mol. The van der Waals surface area contributed by atoms with Crippen LogP contribution in [-0.2, 0) is 0 Å². The molecule has 88 valence electrons. The van der Waals surface area contributed by atoms with E-state index in [0.29, 0.717) is 17.3 Å². The minimum atomic E-state index is -0.343. The van der Waals surface area contributed by atoms with Gasteiger partial charge in [0.05, 0.1) is 5.69 Å². The van der Waals surface area contributed by atoms with E-state index in [4.69, 9.17) is 0 Å². The SMILES string of the molecule is CNC1CCN(c2cc(F)c(C)cc2F)C1. The fourth-order valence-corrected chi connectivity index (χ4v) is 2.09. The number of benzene rings is 1. The molecular weight excluding hydrogens is 210 g/mol. The molecule has 0 spiro atoms. The molecule has 1 aromatic carbocycles. The van der Waals surface area contributed by atoms with Gasteiger partial charge in [0.1, 0.15) is 11.6 Å². The number of hydrogen-bond acceptors (Lipinski definition) is 2. The third kappa shape index (κ3) is 2.02. The van der Waals surface area contributed by atoms with Gasteiger partial charge in [-0.05, 0) is 32.0 Å². The van der Waals surface area contributed by atoms with Gasteiger partial charge in [0, 0.05) is 25.2 Å². The van der Waals surface area contributed by atoms with Gasteiger partial charge in [-0.25, -0.2) is 8.78 Å². The first-order valence-corrected chi connectivity index (χ1v) is 5.49. The summed E-state index contributed by atoms with van der Waals surface area (Å²) in [5, 5.41) is 3.15. The lowest BCUT2D eigenvalue weighted by atomic mass is 10.2. The normalized spacial score (nSPS) is 20.5. The summed E-state index contributed by atoms with van der Waals surface area (Å²) in [5.74, 6) is -0.681. The second-order valence-corrected chi connectivity index (χ2v) is 4.27. The molecule has 16 heavy (non-hydrogen) atoms. The van der Waals surface area contributed by atoms with Gasteiger partial charge in [0.15, 0.2) is 0 Å². The highest BCUT2D eigenvalue weighted by molar-refractivity contribution is 5.50. The van der Waals surface area contributed by atoms with E-state index >= 15 is 0 Å². The van der Waals surface area contributed by atoms with Crippen molar-refractivity contribution in [2.24, 2.45) is 0 Å². The van der Waals surface area contributed by atoms with Crippen molar-refractivity contribution in [2.75, 3.05) is 25.0 Å².